The largest absolute Gasteiger partial charge is 1.00 e. The highest BCUT2D eigenvalue weighted by molar-refractivity contribution is 5.54. The van der Waals surface area contributed by atoms with Crippen molar-refractivity contribution in [1.82, 2.24) is 0 Å². The number of hydrogen-bond acceptors (Lipinski definition) is 6. The fourth-order valence-corrected chi connectivity index (χ4v) is 4.84. The summed E-state index contributed by atoms with van der Waals surface area (Å²) < 4.78 is 28.7. The Labute approximate surface area is 214 Å². The Morgan fingerprint density at radius 2 is 1.42 bits per heavy atom. The summed E-state index contributed by atoms with van der Waals surface area (Å²) in [5.74, 6) is 3.37. The van der Waals surface area contributed by atoms with Gasteiger partial charge in [-0.2, -0.15) is 0 Å². The number of aliphatic hydroxyl groups is 1. The van der Waals surface area contributed by atoms with E-state index < -0.39 is 0 Å². The van der Waals surface area contributed by atoms with Crippen LogP contribution in [0, 0.1) is 0 Å². The highest BCUT2D eigenvalue weighted by Gasteiger charge is 2.39. The summed E-state index contributed by atoms with van der Waals surface area (Å²) >= 11 is 0. The predicted molar refractivity (Wildman–Crippen MR) is 123 cm³/mol. The van der Waals surface area contributed by atoms with E-state index in [2.05, 4.69) is 19.2 Å². The molecule has 0 saturated heterocycles. The van der Waals surface area contributed by atoms with Gasteiger partial charge in [0, 0.05) is 31.4 Å². The molecule has 8 heteroatoms. The van der Waals surface area contributed by atoms with Crippen LogP contribution in [0.5, 0.6) is 28.7 Å². The van der Waals surface area contributed by atoms with E-state index in [1.165, 1.54) is 11.1 Å². The fourth-order valence-electron chi connectivity index (χ4n) is 4.84. The molecule has 0 bridgehead atoms. The Balaban J connectivity index is 0.00000385. The van der Waals surface area contributed by atoms with E-state index >= 15 is 0 Å². The van der Waals surface area contributed by atoms with Gasteiger partial charge in [0.05, 0.1) is 55.7 Å². The normalized spacial score (nSPS) is 19.2. The molecule has 1 aliphatic rings. The summed E-state index contributed by atoms with van der Waals surface area (Å²) in [5, 5.41) is 9.53. The molecule has 2 aromatic rings. The first kappa shape index (κ1) is 27.3. The molecule has 184 valence electrons. The van der Waals surface area contributed by atoms with Crippen LogP contribution < -0.4 is 47.7 Å². The molecule has 0 aliphatic carbocycles. The van der Waals surface area contributed by atoms with Crippen molar-refractivity contribution in [3.63, 3.8) is 0 Å². The first-order valence-electron chi connectivity index (χ1n) is 10.9. The quantitative estimate of drug-likeness (QED) is 0.328. The van der Waals surface area contributed by atoms with Crippen LogP contribution in [0.3, 0.4) is 0 Å². The van der Waals surface area contributed by atoms with E-state index in [0.29, 0.717) is 17.2 Å². The van der Waals surface area contributed by atoms with Crippen molar-refractivity contribution in [2.45, 2.75) is 25.3 Å². The maximum absolute atomic E-state index is 9.53. The van der Waals surface area contributed by atoms with Crippen molar-refractivity contribution in [1.29, 1.82) is 0 Å². The molecule has 1 aliphatic heterocycles. The Morgan fingerprint density at radius 1 is 0.848 bits per heavy atom. The number of aliphatic hydroxyl groups excluding tert-OH is 1. The third-order valence-corrected chi connectivity index (χ3v) is 6.63. The van der Waals surface area contributed by atoms with Gasteiger partial charge in [-0.3, -0.25) is 0 Å². The minimum atomic E-state index is 0. The number of hydrogen-bond donors (Lipinski definition) is 1. The van der Waals surface area contributed by atoms with Crippen LogP contribution in [0.25, 0.3) is 0 Å². The lowest BCUT2D eigenvalue weighted by Gasteiger charge is -2.46. The van der Waals surface area contributed by atoms with Gasteiger partial charge in [-0.1, -0.05) is 0 Å². The molecule has 33 heavy (non-hydrogen) atoms. The Kier molecular flexibility index (Phi) is 9.93. The van der Waals surface area contributed by atoms with Crippen LogP contribution in [-0.2, 0) is 12.8 Å². The molecule has 0 aromatic heterocycles. The lowest BCUT2D eigenvalue weighted by atomic mass is 9.86. The molecule has 1 heterocycles. The van der Waals surface area contributed by atoms with Crippen molar-refractivity contribution in [2.24, 2.45) is 0 Å². The standard InChI is InChI=1S/C25H36NO6.HI/c1-26(9-7-11-27)10-8-18-15-21(28-2)22(29-3)16-19(18)20(26)12-17-13-23(30-4)25(32-6)24(14-17)31-5;/h13-16,20,27H,7-12H2,1-6H3;1H/q+1;/p-1/t20-,26+;/m1./s1. The predicted octanol–water partition coefficient (Wildman–Crippen LogP) is 0.403. The summed E-state index contributed by atoms with van der Waals surface area (Å²) in [5.41, 5.74) is 3.63. The monoisotopic (exact) mass is 573 g/mol. The van der Waals surface area contributed by atoms with E-state index in [1.807, 2.05) is 12.1 Å². The summed E-state index contributed by atoms with van der Waals surface area (Å²) in [6.07, 6.45) is 2.48. The van der Waals surface area contributed by atoms with Crippen molar-refractivity contribution >= 4 is 0 Å². The lowest BCUT2D eigenvalue weighted by Crippen LogP contribution is -3.00. The van der Waals surface area contributed by atoms with E-state index in [-0.39, 0.29) is 36.6 Å². The Hall–Kier alpha value is -1.91. The maximum atomic E-state index is 9.53. The van der Waals surface area contributed by atoms with Gasteiger partial charge in [0.1, 0.15) is 6.04 Å². The first-order valence-corrected chi connectivity index (χ1v) is 10.9. The summed E-state index contributed by atoms with van der Waals surface area (Å²) in [6, 6.07) is 8.43. The van der Waals surface area contributed by atoms with Gasteiger partial charge in [-0.25, -0.2) is 0 Å². The highest BCUT2D eigenvalue weighted by atomic mass is 127. The second-order valence-electron chi connectivity index (χ2n) is 8.41. The number of benzene rings is 2. The van der Waals surface area contributed by atoms with Crippen molar-refractivity contribution in [3.8, 4) is 28.7 Å². The number of likely N-dealkylation sites (N-methyl/N-ethyl adjacent to an activating group) is 1. The molecule has 0 saturated carbocycles. The zero-order valence-corrected chi connectivity index (χ0v) is 22.6. The number of halogens is 1. The Bertz CT molecular complexity index is 912. The molecule has 3 rings (SSSR count). The van der Waals surface area contributed by atoms with Gasteiger partial charge in [-0.15, -0.1) is 0 Å². The van der Waals surface area contributed by atoms with Gasteiger partial charge < -0.3 is 57.3 Å². The lowest BCUT2D eigenvalue weighted by molar-refractivity contribution is -0.941. The van der Waals surface area contributed by atoms with Gasteiger partial charge >= 0.3 is 0 Å². The van der Waals surface area contributed by atoms with Crippen LogP contribution in [0.15, 0.2) is 24.3 Å². The van der Waals surface area contributed by atoms with Crippen LogP contribution in [0.1, 0.15) is 29.2 Å². The number of rotatable bonds is 10. The summed E-state index contributed by atoms with van der Waals surface area (Å²) in [6.45, 7) is 2.06. The van der Waals surface area contributed by atoms with Crippen LogP contribution in [0.2, 0.25) is 0 Å². The third kappa shape index (κ3) is 5.60. The average Bonchev–Trinajstić information content (AvgIpc) is 2.83. The van der Waals surface area contributed by atoms with E-state index in [4.69, 9.17) is 23.7 Å². The SMILES string of the molecule is COc1cc2c(cc1OC)[C@@H](Cc1cc(OC)c(OC)c(OC)c1)[N@@+](C)(CCCO)CC2.[I-]. The first-order chi connectivity index (χ1) is 15.4. The molecule has 0 fully saturated rings. The van der Waals surface area contributed by atoms with Crippen molar-refractivity contribution < 1.29 is 57.3 Å². The van der Waals surface area contributed by atoms with E-state index in [1.54, 1.807) is 35.5 Å². The van der Waals surface area contributed by atoms with Crippen molar-refractivity contribution in [3.05, 3.63) is 41.0 Å². The van der Waals surface area contributed by atoms with Crippen LogP contribution in [-0.4, -0.2) is 71.9 Å². The molecule has 0 unspecified atom stereocenters. The minimum absolute atomic E-state index is 0. The zero-order chi connectivity index (χ0) is 23.3. The van der Waals surface area contributed by atoms with Crippen molar-refractivity contribution in [2.75, 3.05) is 62.3 Å². The summed E-state index contributed by atoms with van der Waals surface area (Å²) in [4.78, 5) is 0. The second-order valence-corrected chi connectivity index (χ2v) is 8.41. The van der Waals surface area contributed by atoms with Gasteiger partial charge in [-0.05, 0) is 35.4 Å². The molecule has 2 atom stereocenters. The van der Waals surface area contributed by atoms with Crippen LogP contribution in [0.4, 0.5) is 0 Å². The topological polar surface area (TPSA) is 66.4 Å². The maximum Gasteiger partial charge on any atom is 0.203 e. The van der Waals surface area contributed by atoms with E-state index in [0.717, 1.165) is 53.9 Å². The zero-order valence-electron chi connectivity index (χ0n) is 20.4. The molecule has 0 radical (unpaired) electrons. The highest BCUT2D eigenvalue weighted by Crippen LogP contribution is 2.44. The molecule has 1 N–H and O–H groups in total. The Morgan fingerprint density at radius 3 is 1.94 bits per heavy atom. The molecule has 0 spiro atoms. The fraction of sp³-hybridized carbons (Fsp3) is 0.520. The van der Waals surface area contributed by atoms with Gasteiger partial charge in [0.25, 0.3) is 0 Å². The number of fused-ring (bicyclic) bond motifs is 1. The molecule has 2 aromatic carbocycles. The molecule has 0 amide bonds. The number of ether oxygens (including phenoxy) is 5. The number of nitrogens with zero attached hydrogens (tertiary/aromatic N) is 1. The number of methoxy groups -OCH3 is 5. The third-order valence-electron chi connectivity index (χ3n) is 6.63. The molecular weight excluding hydrogens is 537 g/mol. The average molecular weight is 573 g/mol. The smallest absolute Gasteiger partial charge is 0.203 e. The van der Waals surface area contributed by atoms with E-state index in [9.17, 15) is 5.11 Å². The summed E-state index contributed by atoms with van der Waals surface area (Å²) in [7, 11) is 10.5. The second kappa shape index (κ2) is 12.0. The van der Waals surface area contributed by atoms with Gasteiger partial charge in [0.15, 0.2) is 23.0 Å². The minimum Gasteiger partial charge on any atom is -1.00 e. The molecular formula is C25H36INO6. The number of quaternary nitrogens is 1. The molecule has 7 nitrogen and oxygen atoms in total. The van der Waals surface area contributed by atoms with Crippen LogP contribution >= 0.6 is 0 Å². The van der Waals surface area contributed by atoms with Gasteiger partial charge in [0.2, 0.25) is 5.75 Å².